The molecule has 3 nitrogen and oxygen atoms in total. The zero-order valence-electron chi connectivity index (χ0n) is 14.4. The summed E-state index contributed by atoms with van der Waals surface area (Å²) in [7, 11) is -3.50. The van der Waals surface area contributed by atoms with Gasteiger partial charge in [0, 0.05) is 5.02 Å². The van der Waals surface area contributed by atoms with Gasteiger partial charge in [0.15, 0.2) is 0 Å². The molecule has 6 heteroatoms. The van der Waals surface area contributed by atoms with Crippen LogP contribution in [0.4, 0.5) is 0 Å². The molecule has 1 aromatic carbocycles. The Labute approximate surface area is 140 Å². The predicted octanol–water partition coefficient (Wildman–Crippen LogP) is 3.71. The minimum absolute atomic E-state index is 0.369. The maximum absolute atomic E-state index is 9.52. The fourth-order valence-corrected chi connectivity index (χ4v) is 9.25. The van der Waals surface area contributed by atoms with Crippen LogP contribution >= 0.6 is 11.6 Å². The van der Waals surface area contributed by atoms with Crippen molar-refractivity contribution in [1.82, 2.24) is 0 Å². The summed E-state index contributed by atoms with van der Waals surface area (Å²) in [5, 5.41) is 19.6. The van der Waals surface area contributed by atoms with Crippen LogP contribution in [0.5, 0.6) is 0 Å². The van der Waals surface area contributed by atoms with Crippen LogP contribution in [-0.2, 0) is 11.0 Å². The van der Waals surface area contributed by atoms with Gasteiger partial charge >= 0.3 is 7.12 Å². The first-order chi connectivity index (χ1) is 10.1. The molecule has 0 amide bonds. The van der Waals surface area contributed by atoms with Gasteiger partial charge in [0.25, 0.3) is 0 Å². The van der Waals surface area contributed by atoms with Gasteiger partial charge in [0.05, 0.1) is 6.61 Å². The Morgan fingerprint density at radius 2 is 1.55 bits per heavy atom. The minimum atomic E-state index is -1.99. The van der Waals surface area contributed by atoms with Crippen LogP contribution in [0.1, 0.15) is 47.1 Å². The smallest absolute Gasteiger partial charge is 0.423 e. The van der Waals surface area contributed by atoms with Gasteiger partial charge in [0.2, 0.25) is 8.32 Å². The molecule has 0 saturated carbocycles. The van der Waals surface area contributed by atoms with Crippen molar-refractivity contribution in [2.75, 3.05) is 0 Å². The highest BCUT2D eigenvalue weighted by Gasteiger charge is 2.45. The second-order valence-corrected chi connectivity index (χ2v) is 12.7. The van der Waals surface area contributed by atoms with Gasteiger partial charge in [-0.3, -0.25) is 0 Å². The number of halogens is 1. The van der Waals surface area contributed by atoms with E-state index in [2.05, 4.69) is 41.5 Å². The molecule has 0 radical (unpaired) electrons. The lowest BCUT2D eigenvalue weighted by atomic mass is 9.77. The first kappa shape index (κ1) is 19.7. The van der Waals surface area contributed by atoms with E-state index in [0.29, 0.717) is 33.7 Å². The lowest BCUT2D eigenvalue weighted by molar-refractivity contribution is 0.266. The van der Waals surface area contributed by atoms with E-state index in [-0.39, 0.29) is 0 Å². The summed E-state index contributed by atoms with van der Waals surface area (Å²) in [6, 6.07) is 5.07. The van der Waals surface area contributed by atoms with Crippen LogP contribution in [-0.4, -0.2) is 25.5 Å². The van der Waals surface area contributed by atoms with Crippen molar-refractivity contribution in [2.45, 2.75) is 64.8 Å². The number of hydrogen-bond acceptors (Lipinski definition) is 3. The largest absolute Gasteiger partial charge is 0.488 e. The van der Waals surface area contributed by atoms with E-state index in [1.54, 1.807) is 18.2 Å². The normalized spacial score (nSPS) is 12.5. The highest BCUT2D eigenvalue weighted by atomic mass is 35.5. The first-order valence-electron chi connectivity index (χ1n) is 7.91. The van der Waals surface area contributed by atoms with Crippen molar-refractivity contribution in [3.8, 4) is 0 Å². The molecule has 1 aromatic rings. The molecule has 0 aromatic heterocycles. The van der Waals surface area contributed by atoms with Gasteiger partial charge in [-0.15, -0.1) is 0 Å². The third-order valence-electron chi connectivity index (χ3n) is 4.57. The topological polar surface area (TPSA) is 49.7 Å². The van der Waals surface area contributed by atoms with E-state index in [4.69, 9.17) is 16.0 Å². The molecule has 0 unspecified atom stereocenters. The molecule has 0 aliphatic heterocycles. The summed E-state index contributed by atoms with van der Waals surface area (Å²) < 4.78 is 6.50. The van der Waals surface area contributed by atoms with Crippen LogP contribution in [0.3, 0.4) is 0 Å². The third-order valence-corrected chi connectivity index (χ3v) is 10.9. The quantitative estimate of drug-likeness (QED) is 0.743. The van der Waals surface area contributed by atoms with E-state index in [1.807, 2.05) is 0 Å². The van der Waals surface area contributed by atoms with Crippen molar-refractivity contribution in [3.63, 3.8) is 0 Å². The summed E-state index contributed by atoms with van der Waals surface area (Å²) in [5.74, 6) is 0. The third kappa shape index (κ3) is 4.15. The van der Waals surface area contributed by atoms with Crippen LogP contribution in [0.2, 0.25) is 21.6 Å². The molecule has 0 bridgehead atoms. The van der Waals surface area contributed by atoms with Crippen molar-refractivity contribution in [1.29, 1.82) is 0 Å². The van der Waals surface area contributed by atoms with Crippen molar-refractivity contribution in [2.24, 2.45) is 0 Å². The molecule has 0 spiro atoms. The van der Waals surface area contributed by atoms with E-state index in [0.717, 1.165) is 5.56 Å². The van der Waals surface area contributed by atoms with Crippen LogP contribution in [0.25, 0.3) is 0 Å². The Kier molecular flexibility index (Phi) is 7.15. The van der Waals surface area contributed by atoms with Crippen LogP contribution in [0.15, 0.2) is 18.2 Å². The molecule has 1 rings (SSSR count). The zero-order chi connectivity index (χ0) is 17.1. The van der Waals surface area contributed by atoms with E-state index in [9.17, 15) is 10.0 Å². The maximum atomic E-state index is 9.52. The molecule has 0 atom stereocenters. The number of benzene rings is 1. The molecule has 2 N–H and O–H groups in total. The van der Waals surface area contributed by atoms with Crippen molar-refractivity contribution < 1.29 is 14.5 Å². The zero-order valence-corrected chi connectivity index (χ0v) is 16.2. The van der Waals surface area contributed by atoms with E-state index in [1.165, 1.54) is 0 Å². The van der Waals surface area contributed by atoms with E-state index < -0.39 is 15.4 Å². The van der Waals surface area contributed by atoms with Gasteiger partial charge < -0.3 is 14.5 Å². The fourth-order valence-electron chi connectivity index (χ4n) is 3.65. The fraction of sp³-hybridized carbons (Fsp3) is 0.625. The van der Waals surface area contributed by atoms with Gasteiger partial charge in [-0.2, -0.15) is 0 Å². The monoisotopic (exact) mass is 342 g/mol. The van der Waals surface area contributed by atoms with E-state index >= 15 is 0 Å². The van der Waals surface area contributed by atoms with Gasteiger partial charge in [-0.05, 0) is 39.8 Å². The molecule has 0 aliphatic carbocycles. The highest BCUT2D eigenvalue weighted by molar-refractivity contribution is 6.77. The molecule has 0 aliphatic rings. The lowest BCUT2D eigenvalue weighted by Crippen LogP contribution is -2.48. The Balaban J connectivity index is 3.11. The average molecular weight is 343 g/mol. The number of rotatable bonds is 7. The Bertz CT molecular complexity index is 471. The summed E-state index contributed by atoms with van der Waals surface area (Å²) in [4.78, 5) is 0. The molecular formula is C16H28BClO3Si. The molecule has 0 fully saturated rings. The molecule has 0 heterocycles. The second-order valence-electron chi connectivity index (χ2n) is 6.82. The minimum Gasteiger partial charge on any atom is -0.423 e. The van der Waals surface area contributed by atoms with Gasteiger partial charge in [-0.1, -0.05) is 59.2 Å². The molecular weight excluding hydrogens is 315 g/mol. The highest BCUT2D eigenvalue weighted by Crippen LogP contribution is 2.42. The second kappa shape index (κ2) is 7.97. The maximum Gasteiger partial charge on any atom is 0.488 e. The summed E-state index contributed by atoms with van der Waals surface area (Å²) in [5.41, 5.74) is 2.66. The van der Waals surface area contributed by atoms with Crippen LogP contribution < -0.4 is 5.46 Å². The van der Waals surface area contributed by atoms with Gasteiger partial charge in [0.1, 0.15) is 0 Å². The van der Waals surface area contributed by atoms with Crippen molar-refractivity contribution >= 4 is 32.5 Å². The first-order valence-corrected chi connectivity index (χ1v) is 10.4. The summed E-state index contributed by atoms with van der Waals surface area (Å²) in [6.45, 7) is 13.7. The number of hydrogen-bond donors (Lipinski definition) is 2. The molecule has 0 saturated heterocycles. The molecule has 124 valence electrons. The Morgan fingerprint density at radius 1 is 1.05 bits per heavy atom. The predicted molar refractivity (Wildman–Crippen MR) is 97.1 cm³/mol. The standard InChI is InChI=1S/C16H28BClO3Si/c1-11(2)22(12(3)4,13(5)6)21-10-14-9-15(18)7-8-16(14)17(19)20/h7-9,11-13,19-20H,10H2,1-6H3. The SMILES string of the molecule is CC(C)[Si](OCc1cc(Cl)ccc1B(O)O)(C(C)C)C(C)C. The van der Waals surface area contributed by atoms with Crippen molar-refractivity contribution in [3.05, 3.63) is 28.8 Å². The summed E-state index contributed by atoms with van der Waals surface area (Å²) in [6.07, 6.45) is 0. The Morgan fingerprint density at radius 3 is 1.95 bits per heavy atom. The average Bonchev–Trinajstić information content (AvgIpc) is 2.37. The Hall–Kier alpha value is -0.328. The van der Waals surface area contributed by atoms with Crippen LogP contribution in [0, 0.1) is 0 Å². The summed E-state index contributed by atoms with van der Waals surface area (Å²) >= 11 is 6.05. The lowest BCUT2D eigenvalue weighted by Gasteiger charge is -2.42. The van der Waals surface area contributed by atoms with Gasteiger partial charge in [-0.25, -0.2) is 0 Å². The molecule has 22 heavy (non-hydrogen) atoms.